The largest absolute Gasteiger partial charge is 0.462 e. The Bertz CT molecular complexity index is 943. The normalized spacial score (nSPS) is 12.2. The molecule has 1 N–H and O–H groups in total. The Morgan fingerprint density at radius 3 is 0.952 bits per heavy atom. The van der Waals surface area contributed by atoms with Crippen LogP contribution in [0.15, 0.2) is 24.3 Å². The van der Waals surface area contributed by atoms with Crippen LogP contribution in [0.1, 0.15) is 309 Å². The van der Waals surface area contributed by atoms with E-state index in [0.29, 0.717) is 12.8 Å². The Kier molecular flexibility index (Phi) is 52.3. The van der Waals surface area contributed by atoms with Crippen molar-refractivity contribution in [3.05, 3.63) is 24.3 Å². The van der Waals surface area contributed by atoms with E-state index in [4.69, 9.17) is 9.47 Å². The highest BCUT2D eigenvalue weighted by Gasteiger charge is 2.16. The lowest BCUT2D eigenvalue weighted by atomic mass is 10.0. The monoisotopic (exact) mass is 873 g/mol. The molecule has 0 amide bonds. The van der Waals surface area contributed by atoms with Gasteiger partial charge >= 0.3 is 11.9 Å². The van der Waals surface area contributed by atoms with Gasteiger partial charge in [0.2, 0.25) is 0 Å². The summed E-state index contributed by atoms with van der Waals surface area (Å²) in [5.41, 5.74) is 0. The Morgan fingerprint density at radius 1 is 0.371 bits per heavy atom. The molecule has 0 aliphatic heterocycles. The maximum Gasteiger partial charge on any atom is 0.306 e. The van der Waals surface area contributed by atoms with Crippen molar-refractivity contribution in [2.75, 3.05) is 13.2 Å². The standard InChI is InChI=1S/C57H108O5/c1-3-5-7-9-11-12-13-14-15-16-17-18-19-20-21-22-23-24-25-26-27-28-29-30-31-32-33-34-35-36-37-38-39-40-41-42-43-44-46-48-50-52-57(60)62-55(53-58)54-61-56(59)51-49-47-45-10-8-6-4-2/h13-14,16-17,55,58H,3-12,15,18-54H2,1-2H3/b14-13-,17-16-. The van der Waals surface area contributed by atoms with Crippen LogP contribution in [0.2, 0.25) is 0 Å². The van der Waals surface area contributed by atoms with Crippen molar-refractivity contribution in [2.24, 2.45) is 0 Å². The summed E-state index contributed by atoms with van der Waals surface area (Å²) in [6.07, 6.45) is 67.8. The topological polar surface area (TPSA) is 72.8 Å². The predicted octanol–water partition coefficient (Wildman–Crippen LogP) is 18.5. The average Bonchev–Trinajstić information content (AvgIpc) is 3.28. The molecular formula is C57H108O5. The lowest BCUT2D eigenvalue weighted by Crippen LogP contribution is -2.28. The van der Waals surface area contributed by atoms with Gasteiger partial charge in [-0.3, -0.25) is 9.59 Å². The zero-order chi connectivity index (χ0) is 44.9. The summed E-state index contributed by atoms with van der Waals surface area (Å²) in [6.45, 7) is 4.11. The van der Waals surface area contributed by atoms with Crippen molar-refractivity contribution in [2.45, 2.75) is 315 Å². The third kappa shape index (κ3) is 51.0. The molecule has 0 aliphatic rings. The minimum atomic E-state index is -0.763. The van der Waals surface area contributed by atoms with Crippen molar-refractivity contribution in [3.8, 4) is 0 Å². The molecule has 0 rings (SSSR count). The van der Waals surface area contributed by atoms with E-state index in [9.17, 15) is 14.7 Å². The van der Waals surface area contributed by atoms with E-state index in [1.165, 1.54) is 238 Å². The smallest absolute Gasteiger partial charge is 0.306 e. The van der Waals surface area contributed by atoms with Crippen molar-refractivity contribution in [1.82, 2.24) is 0 Å². The molecule has 0 saturated carbocycles. The van der Waals surface area contributed by atoms with Gasteiger partial charge in [-0.1, -0.05) is 276 Å². The van der Waals surface area contributed by atoms with Crippen LogP contribution >= 0.6 is 0 Å². The highest BCUT2D eigenvalue weighted by atomic mass is 16.6. The zero-order valence-electron chi connectivity index (χ0n) is 41.9. The second-order valence-corrected chi connectivity index (χ2v) is 19.0. The van der Waals surface area contributed by atoms with Gasteiger partial charge in [-0.25, -0.2) is 0 Å². The molecule has 5 heteroatoms. The molecule has 0 aromatic rings. The first kappa shape index (κ1) is 60.4. The molecule has 0 aliphatic carbocycles. The maximum atomic E-state index is 12.2. The number of hydrogen-bond donors (Lipinski definition) is 1. The number of ether oxygens (including phenoxy) is 2. The van der Waals surface area contributed by atoms with Crippen LogP contribution in [0.3, 0.4) is 0 Å². The number of esters is 2. The van der Waals surface area contributed by atoms with Gasteiger partial charge in [0.05, 0.1) is 6.61 Å². The van der Waals surface area contributed by atoms with Crippen molar-refractivity contribution >= 4 is 11.9 Å². The highest BCUT2D eigenvalue weighted by Crippen LogP contribution is 2.17. The molecule has 366 valence electrons. The Morgan fingerprint density at radius 2 is 0.645 bits per heavy atom. The SMILES string of the molecule is CCCCCCC/C=C\C/C=C\CCCCCCCCCCCCCCCCCCCCCCCCCCCCCCCC(=O)OC(CO)COC(=O)CCCCCCCCC. The number of rotatable bonds is 52. The number of carbonyl (C=O) groups excluding carboxylic acids is 2. The van der Waals surface area contributed by atoms with Gasteiger partial charge in [0, 0.05) is 12.8 Å². The Balaban J connectivity index is 3.29. The maximum absolute atomic E-state index is 12.2. The summed E-state index contributed by atoms with van der Waals surface area (Å²) in [7, 11) is 0. The number of aliphatic hydroxyl groups excluding tert-OH is 1. The van der Waals surface area contributed by atoms with Gasteiger partial charge in [-0.05, 0) is 44.9 Å². The minimum absolute atomic E-state index is 0.0596. The summed E-state index contributed by atoms with van der Waals surface area (Å²) in [6, 6.07) is 0. The number of hydrogen-bond acceptors (Lipinski definition) is 5. The molecule has 0 spiro atoms. The third-order valence-electron chi connectivity index (χ3n) is 12.7. The van der Waals surface area contributed by atoms with Crippen LogP contribution in [0.4, 0.5) is 0 Å². The van der Waals surface area contributed by atoms with Gasteiger partial charge in [0.25, 0.3) is 0 Å². The second kappa shape index (κ2) is 53.7. The number of unbranched alkanes of at least 4 members (excludes halogenated alkanes) is 40. The molecule has 1 atom stereocenters. The number of carbonyl (C=O) groups is 2. The Hall–Kier alpha value is -1.62. The van der Waals surface area contributed by atoms with E-state index in [0.717, 1.165) is 44.9 Å². The number of allylic oxidation sites excluding steroid dienone is 4. The van der Waals surface area contributed by atoms with Crippen LogP contribution < -0.4 is 0 Å². The fraction of sp³-hybridized carbons (Fsp3) is 0.895. The van der Waals surface area contributed by atoms with Crippen molar-refractivity contribution < 1.29 is 24.2 Å². The summed E-state index contributed by atoms with van der Waals surface area (Å²) in [5, 5.41) is 9.55. The third-order valence-corrected chi connectivity index (χ3v) is 12.7. The number of aliphatic hydroxyl groups is 1. The first-order valence-electron chi connectivity index (χ1n) is 27.9. The molecule has 0 aromatic heterocycles. The molecule has 0 heterocycles. The first-order chi connectivity index (χ1) is 30.6. The van der Waals surface area contributed by atoms with Gasteiger partial charge < -0.3 is 14.6 Å². The predicted molar refractivity (Wildman–Crippen MR) is 270 cm³/mol. The molecule has 62 heavy (non-hydrogen) atoms. The minimum Gasteiger partial charge on any atom is -0.462 e. The fourth-order valence-corrected chi connectivity index (χ4v) is 8.53. The Labute approximate surface area is 387 Å². The van der Waals surface area contributed by atoms with E-state index in [-0.39, 0.29) is 25.2 Å². The van der Waals surface area contributed by atoms with Gasteiger partial charge in [0.1, 0.15) is 6.61 Å². The average molecular weight is 873 g/mol. The second-order valence-electron chi connectivity index (χ2n) is 19.0. The summed E-state index contributed by atoms with van der Waals surface area (Å²) >= 11 is 0. The van der Waals surface area contributed by atoms with E-state index >= 15 is 0 Å². The molecule has 0 saturated heterocycles. The van der Waals surface area contributed by atoms with Crippen molar-refractivity contribution in [3.63, 3.8) is 0 Å². The lowest BCUT2D eigenvalue weighted by molar-refractivity contribution is -0.161. The lowest BCUT2D eigenvalue weighted by Gasteiger charge is -2.15. The summed E-state index contributed by atoms with van der Waals surface area (Å²) < 4.78 is 10.6. The van der Waals surface area contributed by atoms with Crippen LogP contribution in [0.25, 0.3) is 0 Å². The molecular weight excluding hydrogens is 765 g/mol. The van der Waals surface area contributed by atoms with Gasteiger partial charge in [0.15, 0.2) is 6.10 Å². The van der Waals surface area contributed by atoms with E-state index in [1.54, 1.807) is 0 Å². The first-order valence-corrected chi connectivity index (χ1v) is 27.9. The molecule has 0 bridgehead atoms. The molecule has 0 radical (unpaired) electrons. The molecule has 5 nitrogen and oxygen atoms in total. The van der Waals surface area contributed by atoms with E-state index in [2.05, 4.69) is 38.2 Å². The van der Waals surface area contributed by atoms with E-state index in [1.807, 2.05) is 0 Å². The highest BCUT2D eigenvalue weighted by molar-refractivity contribution is 5.70. The van der Waals surface area contributed by atoms with E-state index < -0.39 is 6.10 Å². The summed E-state index contributed by atoms with van der Waals surface area (Å²) in [4.78, 5) is 24.2. The fourth-order valence-electron chi connectivity index (χ4n) is 8.53. The van der Waals surface area contributed by atoms with Gasteiger partial charge in [-0.2, -0.15) is 0 Å². The molecule has 0 fully saturated rings. The molecule has 1 unspecified atom stereocenters. The van der Waals surface area contributed by atoms with Crippen LogP contribution in [-0.2, 0) is 19.1 Å². The quantitative estimate of drug-likeness (QED) is 0.0374. The van der Waals surface area contributed by atoms with Gasteiger partial charge in [-0.15, -0.1) is 0 Å². The van der Waals surface area contributed by atoms with Crippen LogP contribution in [0.5, 0.6) is 0 Å². The zero-order valence-corrected chi connectivity index (χ0v) is 41.9. The van der Waals surface area contributed by atoms with Crippen LogP contribution in [0, 0.1) is 0 Å². The summed E-state index contributed by atoms with van der Waals surface area (Å²) in [5.74, 6) is -0.582. The molecule has 0 aromatic carbocycles. The van der Waals surface area contributed by atoms with Crippen LogP contribution in [-0.4, -0.2) is 36.4 Å². The van der Waals surface area contributed by atoms with Crippen molar-refractivity contribution in [1.29, 1.82) is 0 Å².